The van der Waals surface area contributed by atoms with E-state index in [1.165, 1.54) is 7.11 Å². The molecule has 1 aliphatic heterocycles. The van der Waals surface area contributed by atoms with Gasteiger partial charge in [-0.2, -0.15) is 0 Å². The average Bonchev–Trinajstić information content (AvgIpc) is 3.09. The molecule has 0 aromatic heterocycles. The fourth-order valence-corrected chi connectivity index (χ4v) is 3.87. The number of amides is 2. The average molecular weight is 458 g/mol. The van der Waals surface area contributed by atoms with Crippen molar-refractivity contribution in [2.24, 2.45) is 0 Å². The molecule has 0 radical (unpaired) electrons. The van der Waals surface area contributed by atoms with Crippen LogP contribution < -0.4 is 24.6 Å². The van der Waals surface area contributed by atoms with Crippen molar-refractivity contribution in [3.63, 3.8) is 0 Å². The topological polar surface area (TPSA) is 71.1 Å². The molecule has 7 heteroatoms. The van der Waals surface area contributed by atoms with Crippen LogP contribution in [0.5, 0.6) is 11.5 Å². The second kappa shape index (κ2) is 9.70. The fraction of sp³-hybridized carbons (Fsp3) is 0.185. The standard InChI is InChI=1S/C27H27N3O4/c1-5-34-23-13-9-7-11-21(23)30-26(31)24(20-10-6-8-12-22(20)33-4)25(27(30)32)28-18-14-16-19(17-15-18)29(2)3/h6-17,28H,5H2,1-4H3. The van der Waals surface area contributed by atoms with Crippen molar-refractivity contribution in [3.8, 4) is 11.5 Å². The number of carbonyl (C=O) groups is 2. The third-order valence-electron chi connectivity index (χ3n) is 5.52. The van der Waals surface area contributed by atoms with Gasteiger partial charge in [0, 0.05) is 31.0 Å². The summed E-state index contributed by atoms with van der Waals surface area (Å²) in [6, 6.07) is 21.8. The first kappa shape index (κ1) is 22.9. The number of nitrogens with zero attached hydrogens (tertiary/aromatic N) is 2. The van der Waals surface area contributed by atoms with Crippen LogP contribution in [0.15, 0.2) is 78.5 Å². The largest absolute Gasteiger partial charge is 0.496 e. The molecule has 0 spiro atoms. The molecule has 4 rings (SSSR count). The first-order chi connectivity index (χ1) is 16.5. The Balaban J connectivity index is 1.83. The van der Waals surface area contributed by atoms with Crippen LogP contribution in [0, 0.1) is 0 Å². The molecule has 0 aliphatic carbocycles. The number of benzene rings is 3. The van der Waals surface area contributed by atoms with Crippen LogP contribution in [0.3, 0.4) is 0 Å². The molecule has 0 atom stereocenters. The molecule has 174 valence electrons. The first-order valence-corrected chi connectivity index (χ1v) is 11.0. The highest BCUT2D eigenvalue weighted by Crippen LogP contribution is 2.40. The summed E-state index contributed by atoms with van der Waals surface area (Å²) in [6.07, 6.45) is 0. The van der Waals surface area contributed by atoms with Gasteiger partial charge >= 0.3 is 0 Å². The molecule has 3 aromatic rings. The van der Waals surface area contributed by atoms with Crippen LogP contribution in [-0.4, -0.2) is 39.6 Å². The van der Waals surface area contributed by atoms with E-state index in [2.05, 4.69) is 5.32 Å². The molecule has 1 N–H and O–H groups in total. The maximum Gasteiger partial charge on any atom is 0.282 e. The monoisotopic (exact) mass is 457 g/mol. The Morgan fingerprint density at radius 2 is 1.50 bits per heavy atom. The second-order valence-corrected chi connectivity index (χ2v) is 7.86. The number of anilines is 3. The lowest BCUT2D eigenvalue weighted by Gasteiger charge is -2.19. The molecular formula is C27H27N3O4. The van der Waals surface area contributed by atoms with E-state index in [0.717, 1.165) is 10.6 Å². The molecule has 0 saturated carbocycles. The maximum atomic E-state index is 13.8. The van der Waals surface area contributed by atoms with Crippen molar-refractivity contribution in [3.05, 3.63) is 84.1 Å². The highest BCUT2D eigenvalue weighted by Gasteiger charge is 2.42. The lowest BCUT2D eigenvalue weighted by atomic mass is 10.0. The highest BCUT2D eigenvalue weighted by molar-refractivity contribution is 6.46. The molecule has 0 bridgehead atoms. The van der Waals surface area contributed by atoms with Crippen LogP contribution >= 0.6 is 0 Å². The van der Waals surface area contributed by atoms with Gasteiger partial charge in [-0.05, 0) is 49.4 Å². The summed E-state index contributed by atoms with van der Waals surface area (Å²) >= 11 is 0. The Morgan fingerprint density at radius 3 is 2.15 bits per heavy atom. The molecule has 34 heavy (non-hydrogen) atoms. The minimum absolute atomic E-state index is 0.179. The zero-order valence-electron chi connectivity index (χ0n) is 19.7. The molecule has 1 heterocycles. The Morgan fingerprint density at radius 1 is 0.853 bits per heavy atom. The predicted octanol–water partition coefficient (Wildman–Crippen LogP) is 4.56. The van der Waals surface area contributed by atoms with E-state index >= 15 is 0 Å². The molecule has 0 saturated heterocycles. The number of carbonyl (C=O) groups excluding carboxylic acids is 2. The molecule has 2 amide bonds. The summed E-state index contributed by atoms with van der Waals surface area (Å²) in [5.74, 6) is 0.0484. The third-order valence-corrected chi connectivity index (χ3v) is 5.52. The zero-order chi connectivity index (χ0) is 24.2. The van der Waals surface area contributed by atoms with Crippen molar-refractivity contribution in [1.29, 1.82) is 0 Å². The van der Waals surface area contributed by atoms with Gasteiger partial charge in [0.2, 0.25) is 0 Å². The zero-order valence-corrected chi connectivity index (χ0v) is 19.7. The van der Waals surface area contributed by atoms with E-state index in [1.807, 2.05) is 62.3 Å². The van der Waals surface area contributed by atoms with Gasteiger partial charge in [0.05, 0.1) is 25.0 Å². The van der Waals surface area contributed by atoms with Gasteiger partial charge in [0.25, 0.3) is 11.8 Å². The minimum Gasteiger partial charge on any atom is -0.496 e. The Labute approximate surface area is 199 Å². The summed E-state index contributed by atoms with van der Waals surface area (Å²) in [5.41, 5.74) is 3.06. The van der Waals surface area contributed by atoms with Crippen molar-refractivity contribution in [2.45, 2.75) is 6.92 Å². The fourth-order valence-electron chi connectivity index (χ4n) is 3.87. The number of ether oxygens (including phenoxy) is 2. The third kappa shape index (κ3) is 4.20. The van der Waals surface area contributed by atoms with Crippen LogP contribution in [0.1, 0.15) is 12.5 Å². The van der Waals surface area contributed by atoms with Gasteiger partial charge in [-0.25, -0.2) is 4.90 Å². The Kier molecular flexibility index (Phi) is 6.54. The molecule has 1 aliphatic rings. The predicted molar refractivity (Wildman–Crippen MR) is 134 cm³/mol. The molecular weight excluding hydrogens is 430 g/mol. The van der Waals surface area contributed by atoms with E-state index in [0.29, 0.717) is 35.0 Å². The van der Waals surface area contributed by atoms with Crippen LogP contribution in [0.4, 0.5) is 17.1 Å². The van der Waals surface area contributed by atoms with Gasteiger partial charge in [-0.15, -0.1) is 0 Å². The van der Waals surface area contributed by atoms with Gasteiger partial charge in [-0.3, -0.25) is 9.59 Å². The molecule has 0 unspecified atom stereocenters. The van der Waals surface area contributed by atoms with Crippen molar-refractivity contribution in [1.82, 2.24) is 0 Å². The number of rotatable bonds is 8. The number of imide groups is 1. The quantitative estimate of drug-likeness (QED) is 0.500. The van der Waals surface area contributed by atoms with Gasteiger partial charge in [-0.1, -0.05) is 30.3 Å². The Bertz CT molecular complexity index is 1250. The number of methoxy groups -OCH3 is 1. The van der Waals surface area contributed by atoms with Crippen LogP contribution in [0.2, 0.25) is 0 Å². The molecule has 7 nitrogen and oxygen atoms in total. The van der Waals surface area contributed by atoms with Crippen molar-refractivity contribution in [2.75, 3.05) is 42.9 Å². The van der Waals surface area contributed by atoms with E-state index in [-0.39, 0.29) is 11.3 Å². The first-order valence-electron chi connectivity index (χ1n) is 11.0. The van der Waals surface area contributed by atoms with E-state index in [1.54, 1.807) is 36.4 Å². The summed E-state index contributed by atoms with van der Waals surface area (Å²) in [5, 5.41) is 3.19. The number of hydrogen-bond acceptors (Lipinski definition) is 6. The summed E-state index contributed by atoms with van der Waals surface area (Å²) < 4.78 is 11.2. The van der Waals surface area contributed by atoms with Gasteiger partial charge in [0.15, 0.2) is 0 Å². The van der Waals surface area contributed by atoms with E-state index in [9.17, 15) is 9.59 Å². The number of hydrogen-bond donors (Lipinski definition) is 1. The van der Waals surface area contributed by atoms with E-state index in [4.69, 9.17) is 9.47 Å². The summed E-state index contributed by atoms with van der Waals surface area (Å²) in [6.45, 7) is 2.26. The minimum atomic E-state index is -0.463. The number of nitrogens with one attached hydrogen (secondary N) is 1. The smallest absolute Gasteiger partial charge is 0.282 e. The van der Waals surface area contributed by atoms with E-state index < -0.39 is 11.8 Å². The van der Waals surface area contributed by atoms with Crippen LogP contribution in [0.25, 0.3) is 5.57 Å². The van der Waals surface area contributed by atoms with Crippen molar-refractivity contribution < 1.29 is 19.1 Å². The van der Waals surface area contributed by atoms with Gasteiger partial charge < -0.3 is 19.7 Å². The maximum absolute atomic E-state index is 13.8. The summed E-state index contributed by atoms with van der Waals surface area (Å²) in [7, 11) is 5.45. The molecule has 3 aromatic carbocycles. The highest BCUT2D eigenvalue weighted by atomic mass is 16.5. The van der Waals surface area contributed by atoms with Crippen LogP contribution in [-0.2, 0) is 9.59 Å². The lowest BCUT2D eigenvalue weighted by molar-refractivity contribution is -0.120. The lowest BCUT2D eigenvalue weighted by Crippen LogP contribution is -2.32. The van der Waals surface area contributed by atoms with Crippen molar-refractivity contribution >= 4 is 34.4 Å². The summed E-state index contributed by atoms with van der Waals surface area (Å²) in [4.78, 5) is 30.6. The molecule has 0 fully saturated rings. The number of para-hydroxylation sites is 3. The van der Waals surface area contributed by atoms with Gasteiger partial charge in [0.1, 0.15) is 17.2 Å². The normalized spacial score (nSPS) is 13.4. The SMILES string of the molecule is CCOc1ccccc1N1C(=O)C(Nc2ccc(N(C)C)cc2)=C(c2ccccc2OC)C1=O. The Hall–Kier alpha value is -4.26. The second-order valence-electron chi connectivity index (χ2n) is 7.86.